The van der Waals surface area contributed by atoms with Gasteiger partial charge in [0, 0.05) is 18.0 Å². The number of nitrogens with zero attached hydrogens (tertiary/aromatic N) is 2. The Bertz CT molecular complexity index is 967. The molecule has 24 heavy (non-hydrogen) atoms. The van der Waals surface area contributed by atoms with Crippen molar-refractivity contribution < 1.29 is 26.3 Å². The molecule has 0 N–H and O–H groups in total. The predicted octanol–water partition coefficient (Wildman–Crippen LogP) is 1.59. The van der Waals surface area contributed by atoms with Crippen molar-refractivity contribution in [2.45, 2.75) is 11.1 Å². The molecular weight excluding hydrogens is 380 g/mol. The van der Waals surface area contributed by atoms with Gasteiger partial charge < -0.3 is 4.55 Å². The summed E-state index contributed by atoms with van der Waals surface area (Å²) in [6.45, 7) is 0. The molecule has 1 unspecified atom stereocenters. The van der Waals surface area contributed by atoms with Gasteiger partial charge in [0.2, 0.25) is 0 Å². The minimum absolute atomic E-state index is 0.0806. The first-order valence-electron chi connectivity index (χ1n) is 5.94. The topological polar surface area (TPSA) is 84.1 Å². The summed E-state index contributed by atoms with van der Waals surface area (Å²) in [4.78, 5) is 23.3. The van der Waals surface area contributed by atoms with Gasteiger partial charge in [0.25, 0.3) is 5.56 Å². The van der Waals surface area contributed by atoms with Crippen molar-refractivity contribution in [1.82, 2.24) is 9.13 Å². The standard InChI is InChI=1S/C12H7ClF4N2O4S/c1-18-9(12(15,16)17)4-10(20)19(11(18)21)7-3-8(24(22)23)5(13)2-6(7)14/h2-4H,1H3,(H,22,23)/p-1. The quantitative estimate of drug-likeness (QED) is 0.580. The highest BCUT2D eigenvalue weighted by Gasteiger charge is 2.35. The number of hydrogen-bond donors (Lipinski definition) is 0. The Morgan fingerprint density at radius 1 is 1.21 bits per heavy atom. The fourth-order valence-corrected chi connectivity index (χ4v) is 2.70. The van der Waals surface area contributed by atoms with Crippen molar-refractivity contribution in [1.29, 1.82) is 0 Å². The lowest BCUT2D eigenvalue weighted by atomic mass is 10.3. The molecule has 1 aromatic carbocycles. The molecule has 0 aliphatic rings. The van der Waals surface area contributed by atoms with Gasteiger partial charge in [0.15, 0.2) is 0 Å². The van der Waals surface area contributed by atoms with Gasteiger partial charge in [-0.15, -0.1) is 0 Å². The molecule has 1 heterocycles. The molecule has 0 radical (unpaired) electrons. The third kappa shape index (κ3) is 3.14. The lowest BCUT2D eigenvalue weighted by Gasteiger charge is -2.15. The van der Waals surface area contributed by atoms with Gasteiger partial charge >= 0.3 is 11.9 Å². The Morgan fingerprint density at radius 3 is 2.29 bits per heavy atom. The van der Waals surface area contributed by atoms with Gasteiger partial charge in [-0.2, -0.15) is 13.2 Å². The molecule has 12 heteroatoms. The highest BCUT2D eigenvalue weighted by molar-refractivity contribution is 7.79. The molecule has 0 aliphatic heterocycles. The minimum Gasteiger partial charge on any atom is -0.768 e. The van der Waals surface area contributed by atoms with E-state index in [9.17, 15) is 35.9 Å². The molecule has 0 fully saturated rings. The summed E-state index contributed by atoms with van der Waals surface area (Å²) >= 11 is 2.60. The SMILES string of the molecule is Cn1c(C(F)(F)F)cc(=O)n(-c2cc(S(=O)[O-])c(Cl)cc2F)c1=O. The van der Waals surface area contributed by atoms with Crippen LogP contribution in [0.2, 0.25) is 5.02 Å². The number of hydrogen-bond acceptors (Lipinski definition) is 4. The van der Waals surface area contributed by atoms with Gasteiger partial charge in [0.05, 0.1) is 10.7 Å². The summed E-state index contributed by atoms with van der Waals surface area (Å²) in [5.74, 6) is -1.26. The molecule has 0 bridgehead atoms. The van der Waals surface area contributed by atoms with Crippen LogP contribution in [0, 0.1) is 5.82 Å². The third-order valence-corrected chi connectivity index (χ3v) is 4.15. The highest BCUT2D eigenvalue weighted by Crippen LogP contribution is 2.28. The monoisotopic (exact) mass is 385 g/mol. The van der Waals surface area contributed by atoms with Gasteiger partial charge in [-0.25, -0.2) is 13.8 Å². The molecule has 2 aromatic rings. The van der Waals surface area contributed by atoms with Gasteiger partial charge in [-0.3, -0.25) is 13.6 Å². The number of aromatic nitrogens is 2. The van der Waals surface area contributed by atoms with Crippen LogP contribution < -0.4 is 11.2 Å². The van der Waals surface area contributed by atoms with E-state index in [0.717, 1.165) is 7.05 Å². The van der Waals surface area contributed by atoms with E-state index in [1.165, 1.54) is 0 Å². The first-order chi connectivity index (χ1) is 10.9. The number of halogens is 5. The predicted molar refractivity (Wildman–Crippen MR) is 74.4 cm³/mol. The molecule has 2 rings (SSSR count). The Kier molecular flexibility index (Phi) is 4.70. The summed E-state index contributed by atoms with van der Waals surface area (Å²) in [5, 5.41) is -0.513. The van der Waals surface area contributed by atoms with E-state index in [-0.39, 0.29) is 15.2 Å². The number of alkyl halides is 3. The first kappa shape index (κ1) is 18.4. The van der Waals surface area contributed by atoms with Crippen LogP contribution in [0.3, 0.4) is 0 Å². The second kappa shape index (κ2) is 6.15. The van der Waals surface area contributed by atoms with Crippen LogP contribution in [-0.4, -0.2) is 17.9 Å². The molecule has 0 saturated heterocycles. The van der Waals surface area contributed by atoms with Crippen molar-refractivity contribution in [3.05, 3.63) is 55.6 Å². The molecule has 0 aliphatic carbocycles. The Morgan fingerprint density at radius 2 is 1.79 bits per heavy atom. The van der Waals surface area contributed by atoms with Gasteiger partial charge in [-0.05, 0) is 23.2 Å². The summed E-state index contributed by atoms with van der Waals surface area (Å²) in [7, 11) is 0.738. The third-order valence-electron chi connectivity index (χ3n) is 3.03. The zero-order valence-corrected chi connectivity index (χ0v) is 13.1. The zero-order chi connectivity index (χ0) is 18.4. The summed E-state index contributed by atoms with van der Waals surface area (Å²) in [6.07, 6.45) is -4.98. The van der Waals surface area contributed by atoms with Crippen molar-refractivity contribution in [3.8, 4) is 5.69 Å². The maximum absolute atomic E-state index is 14.0. The average molecular weight is 386 g/mol. The van der Waals surface area contributed by atoms with Crippen LogP contribution in [-0.2, 0) is 24.3 Å². The van der Waals surface area contributed by atoms with Crippen molar-refractivity contribution in [2.75, 3.05) is 0 Å². The largest absolute Gasteiger partial charge is 0.768 e. The second-order valence-electron chi connectivity index (χ2n) is 4.51. The molecule has 0 spiro atoms. The van der Waals surface area contributed by atoms with E-state index in [4.69, 9.17) is 11.6 Å². The molecule has 1 aromatic heterocycles. The van der Waals surface area contributed by atoms with Gasteiger partial charge in [-0.1, -0.05) is 11.6 Å². The van der Waals surface area contributed by atoms with E-state index in [0.29, 0.717) is 12.1 Å². The van der Waals surface area contributed by atoms with Crippen LogP contribution >= 0.6 is 11.6 Å². The van der Waals surface area contributed by atoms with Gasteiger partial charge in [0.1, 0.15) is 11.5 Å². The molecule has 130 valence electrons. The number of rotatable bonds is 2. The van der Waals surface area contributed by atoms with Crippen LogP contribution in [0.4, 0.5) is 17.6 Å². The first-order valence-corrected chi connectivity index (χ1v) is 7.39. The van der Waals surface area contributed by atoms with E-state index in [1.54, 1.807) is 0 Å². The lowest BCUT2D eigenvalue weighted by Crippen LogP contribution is -2.41. The van der Waals surface area contributed by atoms with Crippen LogP contribution in [0.25, 0.3) is 5.69 Å². The van der Waals surface area contributed by atoms with E-state index in [2.05, 4.69) is 0 Å². The Hall–Kier alpha value is -1.98. The lowest BCUT2D eigenvalue weighted by molar-refractivity contribution is -0.144. The molecule has 6 nitrogen and oxygen atoms in total. The van der Waals surface area contributed by atoms with Crippen LogP contribution in [0.15, 0.2) is 32.7 Å². The second-order valence-corrected chi connectivity index (χ2v) is 5.83. The van der Waals surface area contributed by atoms with Crippen LogP contribution in [0.1, 0.15) is 5.69 Å². The Labute approximate surface area is 138 Å². The average Bonchev–Trinajstić information content (AvgIpc) is 2.43. The Balaban J connectivity index is 2.88. The normalized spacial score (nSPS) is 13.1. The molecule has 0 saturated carbocycles. The highest BCUT2D eigenvalue weighted by atomic mass is 35.5. The van der Waals surface area contributed by atoms with Crippen molar-refractivity contribution >= 4 is 22.7 Å². The van der Waals surface area contributed by atoms with E-state index >= 15 is 0 Å². The summed E-state index contributed by atoms with van der Waals surface area (Å²) < 4.78 is 74.5. The van der Waals surface area contributed by atoms with E-state index in [1.807, 2.05) is 0 Å². The fourth-order valence-electron chi connectivity index (χ4n) is 1.94. The summed E-state index contributed by atoms with van der Waals surface area (Å²) in [5.41, 5.74) is -5.35. The molecule has 1 atom stereocenters. The van der Waals surface area contributed by atoms with Crippen molar-refractivity contribution in [2.24, 2.45) is 7.05 Å². The maximum atomic E-state index is 14.0. The van der Waals surface area contributed by atoms with Crippen LogP contribution in [0.5, 0.6) is 0 Å². The summed E-state index contributed by atoms with van der Waals surface area (Å²) in [6, 6.07) is 1.21. The molecular formula is C12H6ClF4N2O4S-. The fraction of sp³-hybridized carbons (Fsp3) is 0.167. The number of benzene rings is 1. The smallest absolute Gasteiger partial charge is 0.431 e. The van der Waals surface area contributed by atoms with E-state index < -0.39 is 55.6 Å². The maximum Gasteiger partial charge on any atom is 0.431 e. The molecule has 0 amide bonds. The minimum atomic E-state index is -4.98. The van der Waals surface area contributed by atoms with Crippen molar-refractivity contribution in [3.63, 3.8) is 0 Å². The zero-order valence-electron chi connectivity index (χ0n) is 11.6.